The molecule has 2 aromatic carbocycles. The monoisotopic (exact) mass is 499 g/mol. The highest BCUT2D eigenvalue weighted by molar-refractivity contribution is 5.98. The SMILES string of the molecule is CC(C)NCCNC(=O)c1cc(C(C)Oc2ccc(F)c(F)c2)c2nc(N3CCOCC3)cnc2c1. The van der Waals surface area contributed by atoms with Crippen LogP contribution < -0.4 is 20.3 Å². The predicted octanol–water partition coefficient (Wildman–Crippen LogP) is 3.61. The molecule has 1 saturated heterocycles. The molecular formula is C26H31F2N5O3. The molecule has 3 aromatic rings. The van der Waals surface area contributed by atoms with Crippen LogP contribution in [0.3, 0.4) is 0 Å². The van der Waals surface area contributed by atoms with Crippen LogP contribution in [0.1, 0.15) is 42.8 Å². The number of fused-ring (bicyclic) bond motifs is 1. The Morgan fingerprint density at radius 2 is 1.89 bits per heavy atom. The van der Waals surface area contributed by atoms with E-state index < -0.39 is 17.7 Å². The van der Waals surface area contributed by atoms with Crippen molar-refractivity contribution in [3.05, 3.63) is 59.3 Å². The number of nitrogens with one attached hydrogen (secondary N) is 2. The van der Waals surface area contributed by atoms with Crippen LogP contribution in [0.25, 0.3) is 11.0 Å². The molecular weight excluding hydrogens is 468 g/mol. The Morgan fingerprint density at radius 1 is 1.11 bits per heavy atom. The van der Waals surface area contributed by atoms with Gasteiger partial charge in [0.05, 0.1) is 30.4 Å². The summed E-state index contributed by atoms with van der Waals surface area (Å²) in [7, 11) is 0. The van der Waals surface area contributed by atoms with Crippen molar-refractivity contribution in [1.29, 1.82) is 0 Å². The summed E-state index contributed by atoms with van der Waals surface area (Å²) in [4.78, 5) is 24.4. The molecule has 8 nitrogen and oxygen atoms in total. The normalized spacial score (nSPS) is 14.8. The van der Waals surface area contributed by atoms with Gasteiger partial charge < -0.3 is 25.0 Å². The molecule has 0 saturated carbocycles. The number of benzene rings is 2. The topological polar surface area (TPSA) is 88.6 Å². The van der Waals surface area contributed by atoms with Gasteiger partial charge in [-0.05, 0) is 31.2 Å². The summed E-state index contributed by atoms with van der Waals surface area (Å²) >= 11 is 0. The van der Waals surface area contributed by atoms with Crippen LogP contribution in [-0.2, 0) is 4.74 Å². The Balaban J connectivity index is 1.66. The van der Waals surface area contributed by atoms with Gasteiger partial charge in [0, 0.05) is 49.4 Å². The Morgan fingerprint density at radius 3 is 2.61 bits per heavy atom. The molecule has 1 aromatic heterocycles. The average Bonchev–Trinajstić information content (AvgIpc) is 2.88. The van der Waals surface area contributed by atoms with E-state index in [1.165, 1.54) is 6.07 Å². The quantitative estimate of drug-likeness (QED) is 0.435. The fourth-order valence-corrected chi connectivity index (χ4v) is 3.97. The van der Waals surface area contributed by atoms with Gasteiger partial charge in [0.25, 0.3) is 5.91 Å². The zero-order valence-electron chi connectivity index (χ0n) is 20.7. The smallest absolute Gasteiger partial charge is 0.251 e. The Hall–Kier alpha value is -3.37. The first kappa shape index (κ1) is 25.7. The van der Waals surface area contributed by atoms with Crippen LogP contribution in [-0.4, -0.2) is 61.3 Å². The van der Waals surface area contributed by atoms with E-state index in [9.17, 15) is 13.6 Å². The number of hydrogen-bond donors (Lipinski definition) is 2. The van der Waals surface area contributed by atoms with E-state index in [0.29, 0.717) is 73.4 Å². The number of amides is 1. The lowest BCUT2D eigenvalue weighted by Gasteiger charge is -2.28. The zero-order chi connectivity index (χ0) is 25.7. The van der Waals surface area contributed by atoms with Crippen LogP contribution >= 0.6 is 0 Å². The lowest BCUT2D eigenvalue weighted by atomic mass is 10.0. The van der Waals surface area contributed by atoms with Crippen molar-refractivity contribution in [1.82, 2.24) is 20.6 Å². The molecule has 1 aliphatic heterocycles. The molecule has 1 unspecified atom stereocenters. The van der Waals surface area contributed by atoms with E-state index in [-0.39, 0.29) is 11.7 Å². The van der Waals surface area contributed by atoms with Crippen molar-refractivity contribution in [3.63, 3.8) is 0 Å². The van der Waals surface area contributed by atoms with E-state index in [1.807, 2.05) is 13.8 Å². The summed E-state index contributed by atoms with van der Waals surface area (Å²) in [5.74, 6) is -1.33. The maximum Gasteiger partial charge on any atom is 0.251 e. The second-order valence-electron chi connectivity index (χ2n) is 8.96. The molecule has 2 N–H and O–H groups in total. The molecule has 192 valence electrons. The zero-order valence-corrected chi connectivity index (χ0v) is 20.7. The van der Waals surface area contributed by atoms with E-state index in [4.69, 9.17) is 14.5 Å². The van der Waals surface area contributed by atoms with E-state index in [1.54, 1.807) is 25.3 Å². The highest BCUT2D eigenvalue weighted by Crippen LogP contribution is 2.30. The van der Waals surface area contributed by atoms with Crippen molar-refractivity contribution in [2.45, 2.75) is 32.9 Å². The van der Waals surface area contributed by atoms with Gasteiger partial charge in [-0.25, -0.2) is 13.8 Å². The summed E-state index contributed by atoms with van der Waals surface area (Å²) in [6, 6.07) is 7.11. The number of anilines is 1. The molecule has 1 aliphatic rings. The summed E-state index contributed by atoms with van der Waals surface area (Å²) in [6.07, 6.45) is 1.06. The van der Waals surface area contributed by atoms with Crippen molar-refractivity contribution in [3.8, 4) is 5.75 Å². The summed E-state index contributed by atoms with van der Waals surface area (Å²) in [5.41, 5.74) is 2.14. The highest BCUT2D eigenvalue weighted by Gasteiger charge is 2.20. The first-order valence-electron chi connectivity index (χ1n) is 12.1. The van der Waals surface area contributed by atoms with Crippen LogP contribution in [0.2, 0.25) is 0 Å². The molecule has 2 heterocycles. The molecule has 1 fully saturated rings. The van der Waals surface area contributed by atoms with Gasteiger partial charge >= 0.3 is 0 Å². The van der Waals surface area contributed by atoms with Crippen molar-refractivity contribution >= 4 is 22.8 Å². The second kappa shape index (κ2) is 11.6. The van der Waals surface area contributed by atoms with Crippen LogP contribution in [0.5, 0.6) is 5.75 Å². The van der Waals surface area contributed by atoms with E-state index in [2.05, 4.69) is 20.5 Å². The molecule has 36 heavy (non-hydrogen) atoms. The standard InChI is InChI=1S/C26H31F2N5O3/c1-16(2)29-6-7-30-26(34)18-12-20(17(3)36-19-4-5-21(27)22(28)14-19)25-23(13-18)31-15-24(32-25)33-8-10-35-11-9-33/h4-5,12-17,29H,6-11H2,1-3H3,(H,30,34). The lowest BCUT2D eigenvalue weighted by molar-refractivity contribution is 0.0953. The Kier molecular flexibility index (Phi) is 8.27. The second-order valence-corrected chi connectivity index (χ2v) is 8.96. The Bertz CT molecular complexity index is 1220. The number of carbonyl (C=O) groups is 1. The molecule has 0 bridgehead atoms. The number of carbonyl (C=O) groups excluding carboxylic acids is 1. The summed E-state index contributed by atoms with van der Waals surface area (Å²) < 4.78 is 38.5. The highest BCUT2D eigenvalue weighted by atomic mass is 19.2. The molecule has 1 amide bonds. The number of hydrogen-bond acceptors (Lipinski definition) is 7. The van der Waals surface area contributed by atoms with Gasteiger partial charge in [0.15, 0.2) is 11.6 Å². The minimum Gasteiger partial charge on any atom is -0.486 e. The predicted molar refractivity (Wildman–Crippen MR) is 133 cm³/mol. The van der Waals surface area contributed by atoms with Crippen LogP contribution in [0, 0.1) is 11.6 Å². The van der Waals surface area contributed by atoms with E-state index in [0.717, 1.165) is 12.1 Å². The van der Waals surface area contributed by atoms with Crippen LogP contribution in [0.15, 0.2) is 36.5 Å². The average molecular weight is 500 g/mol. The molecule has 0 spiro atoms. The number of morpholine rings is 1. The fraction of sp³-hybridized carbons (Fsp3) is 0.423. The van der Waals surface area contributed by atoms with Gasteiger partial charge in [0.1, 0.15) is 17.7 Å². The first-order valence-corrected chi connectivity index (χ1v) is 12.1. The van der Waals surface area contributed by atoms with Gasteiger partial charge in [-0.2, -0.15) is 0 Å². The minimum absolute atomic E-state index is 0.168. The maximum absolute atomic E-state index is 13.8. The van der Waals surface area contributed by atoms with E-state index >= 15 is 0 Å². The summed E-state index contributed by atoms with van der Waals surface area (Å²) in [5, 5.41) is 6.16. The van der Waals surface area contributed by atoms with Gasteiger partial charge in [-0.15, -0.1) is 0 Å². The third-order valence-electron chi connectivity index (χ3n) is 5.87. The molecule has 0 radical (unpaired) electrons. The molecule has 0 aliphatic carbocycles. The van der Waals surface area contributed by atoms with Crippen molar-refractivity contribution in [2.24, 2.45) is 0 Å². The maximum atomic E-state index is 13.8. The Labute approximate surface area is 209 Å². The van der Waals surface area contributed by atoms with Gasteiger partial charge in [-0.1, -0.05) is 13.8 Å². The largest absolute Gasteiger partial charge is 0.486 e. The first-order chi connectivity index (χ1) is 17.3. The lowest BCUT2D eigenvalue weighted by Crippen LogP contribution is -2.36. The summed E-state index contributed by atoms with van der Waals surface area (Å²) in [6.45, 7) is 9.55. The molecule has 10 heteroatoms. The number of rotatable bonds is 9. The molecule has 1 atom stereocenters. The minimum atomic E-state index is -0.998. The number of ether oxygens (including phenoxy) is 2. The van der Waals surface area contributed by atoms with Gasteiger partial charge in [-0.3, -0.25) is 9.78 Å². The van der Waals surface area contributed by atoms with Crippen molar-refractivity contribution < 1.29 is 23.0 Å². The van der Waals surface area contributed by atoms with Crippen LogP contribution in [0.4, 0.5) is 14.6 Å². The number of nitrogens with zero attached hydrogens (tertiary/aromatic N) is 3. The third-order valence-corrected chi connectivity index (χ3v) is 5.87. The van der Waals surface area contributed by atoms with Crippen molar-refractivity contribution in [2.75, 3.05) is 44.3 Å². The fourth-order valence-electron chi connectivity index (χ4n) is 3.97. The number of halogens is 2. The number of aromatic nitrogens is 2. The van der Waals surface area contributed by atoms with Gasteiger partial charge in [0.2, 0.25) is 0 Å². The third kappa shape index (κ3) is 6.24. The molecule has 4 rings (SSSR count).